The van der Waals surface area contributed by atoms with Crippen LogP contribution in [0.5, 0.6) is 0 Å². The van der Waals surface area contributed by atoms with E-state index in [2.05, 4.69) is 8.37 Å². The minimum Gasteiger partial charge on any atom is -0.353 e. The number of hydrogen-bond acceptors (Lipinski definition) is 5. The molecule has 1 aliphatic rings. The molecule has 0 unspecified atom stereocenters. The van der Waals surface area contributed by atoms with Crippen molar-refractivity contribution in [2.75, 3.05) is 0 Å². The lowest BCUT2D eigenvalue weighted by atomic mass is 9.83. The molecule has 0 N–H and O–H groups in total. The van der Waals surface area contributed by atoms with Gasteiger partial charge in [-0.3, -0.25) is 0 Å². The second-order valence-electron chi connectivity index (χ2n) is 2.60. The highest BCUT2D eigenvalue weighted by Crippen LogP contribution is 2.36. The van der Waals surface area contributed by atoms with Crippen LogP contribution in [0.1, 0.15) is 26.7 Å². The Bertz CT molecular complexity index is 191. The fourth-order valence-corrected chi connectivity index (χ4v) is 1.63. The van der Waals surface area contributed by atoms with Gasteiger partial charge in [-0.2, -0.15) is 0 Å². The summed E-state index contributed by atoms with van der Waals surface area (Å²) in [6.07, 6.45) is 0.837. The van der Waals surface area contributed by atoms with E-state index in [9.17, 15) is 9.59 Å². The van der Waals surface area contributed by atoms with Gasteiger partial charge in [0.15, 0.2) is 5.41 Å². The molecule has 4 nitrogen and oxygen atoms in total. The summed E-state index contributed by atoms with van der Waals surface area (Å²) >= 11 is 0.445. The molecule has 0 radical (unpaired) electrons. The Morgan fingerprint density at radius 1 is 1.17 bits per heavy atom. The fourth-order valence-electron chi connectivity index (χ4n) is 1.15. The Kier molecular flexibility index (Phi) is 2.62. The van der Waals surface area contributed by atoms with Crippen LogP contribution in [0.25, 0.3) is 0 Å². The van der Waals surface area contributed by atoms with Crippen molar-refractivity contribution in [2.45, 2.75) is 26.7 Å². The van der Waals surface area contributed by atoms with Gasteiger partial charge >= 0.3 is 11.9 Å². The summed E-state index contributed by atoms with van der Waals surface area (Å²) in [5.41, 5.74) is -1.06. The third-order valence-electron chi connectivity index (χ3n) is 2.21. The van der Waals surface area contributed by atoms with Crippen molar-refractivity contribution in [2.24, 2.45) is 5.41 Å². The molecule has 68 valence electrons. The van der Waals surface area contributed by atoms with E-state index in [0.29, 0.717) is 25.2 Å². The topological polar surface area (TPSA) is 52.6 Å². The van der Waals surface area contributed by atoms with Crippen LogP contribution in [0, 0.1) is 5.41 Å². The molecule has 1 fully saturated rings. The predicted octanol–water partition coefficient (Wildman–Crippen LogP) is 1.46. The molecule has 12 heavy (non-hydrogen) atoms. The Morgan fingerprint density at radius 2 is 1.58 bits per heavy atom. The van der Waals surface area contributed by atoms with Gasteiger partial charge in [0.1, 0.15) is 0 Å². The molecule has 1 heterocycles. The minimum atomic E-state index is -1.06. The molecule has 0 amide bonds. The molecule has 1 rings (SSSR count). The van der Waals surface area contributed by atoms with Crippen LogP contribution in [0.15, 0.2) is 0 Å². The molecule has 0 bridgehead atoms. The van der Waals surface area contributed by atoms with E-state index in [1.807, 2.05) is 0 Å². The molecule has 1 saturated heterocycles. The maximum atomic E-state index is 11.2. The highest BCUT2D eigenvalue weighted by Gasteiger charge is 2.49. The third kappa shape index (κ3) is 1.18. The van der Waals surface area contributed by atoms with E-state index in [1.165, 1.54) is 0 Å². The van der Waals surface area contributed by atoms with Crippen molar-refractivity contribution in [3.05, 3.63) is 0 Å². The summed E-state index contributed by atoms with van der Waals surface area (Å²) in [6.45, 7) is 3.53. The second kappa shape index (κ2) is 3.35. The zero-order valence-electron chi connectivity index (χ0n) is 6.96. The minimum absolute atomic E-state index is 0.418. The SMILES string of the molecule is CCC1(CC)C(=O)OSOC1=O. The van der Waals surface area contributed by atoms with Crippen molar-refractivity contribution in [1.29, 1.82) is 0 Å². The normalized spacial score (nSPS) is 21.5. The average molecular weight is 190 g/mol. The number of hydrogen-bond donors (Lipinski definition) is 0. The van der Waals surface area contributed by atoms with Crippen LogP contribution in [0.3, 0.4) is 0 Å². The van der Waals surface area contributed by atoms with Gasteiger partial charge in [0.25, 0.3) is 12.3 Å². The zero-order valence-corrected chi connectivity index (χ0v) is 7.77. The van der Waals surface area contributed by atoms with Gasteiger partial charge in [0.2, 0.25) is 0 Å². The van der Waals surface area contributed by atoms with Gasteiger partial charge in [0, 0.05) is 0 Å². The third-order valence-corrected chi connectivity index (χ3v) is 2.65. The standard InChI is InChI=1S/C7H10O4S/c1-3-7(4-2)5(8)10-12-11-6(7)9/h3-4H2,1-2H3. The van der Waals surface area contributed by atoms with E-state index in [-0.39, 0.29) is 0 Å². The van der Waals surface area contributed by atoms with Crippen LogP contribution in [0.2, 0.25) is 0 Å². The first-order valence-corrected chi connectivity index (χ1v) is 4.44. The molecule has 1 aliphatic heterocycles. The highest BCUT2D eigenvalue weighted by atomic mass is 32.2. The summed E-state index contributed by atoms with van der Waals surface area (Å²) < 4.78 is 9.16. The second-order valence-corrected chi connectivity index (χ2v) is 3.07. The van der Waals surface area contributed by atoms with Gasteiger partial charge in [-0.1, -0.05) is 13.8 Å². The van der Waals surface area contributed by atoms with Crippen molar-refractivity contribution in [3.8, 4) is 0 Å². The molecule has 5 heteroatoms. The van der Waals surface area contributed by atoms with Crippen molar-refractivity contribution >= 4 is 24.3 Å². The van der Waals surface area contributed by atoms with Gasteiger partial charge in [-0.25, -0.2) is 9.59 Å². The Morgan fingerprint density at radius 3 is 1.83 bits per heavy atom. The van der Waals surface area contributed by atoms with Crippen LogP contribution in [-0.4, -0.2) is 11.9 Å². The number of carbonyl (C=O) groups is 2. The van der Waals surface area contributed by atoms with Crippen LogP contribution >= 0.6 is 12.3 Å². The van der Waals surface area contributed by atoms with Crippen molar-refractivity contribution in [1.82, 2.24) is 0 Å². The first kappa shape index (κ1) is 9.38. The molecule has 0 aromatic carbocycles. The van der Waals surface area contributed by atoms with E-state index < -0.39 is 17.4 Å². The molecular formula is C7H10O4S. The summed E-state index contributed by atoms with van der Waals surface area (Å²) in [4.78, 5) is 22.5. The smallest absolute Gasteiger partial charge is 0.338 e. The van der Waals surface area contributed by atoms with E-state index >= 15 is 0 Å². The fraction of sp³-hybridized carbons (Fsp3) is 0.714. The molecule has 0 aliphatic carbocycles. The van der Waals surface area contributed by atoms with E-state index in [0.717, 1.165) is 0 Å². The Hall–Kier alpha value is -0.710. The van der Waals surface area contributed by atoms with Crippen molar-refractivity contribution in [3.63, 3.8) is 0 Å². The molecule has 0 aromatic rings. The molecule has 0 spiro atoms. The largest absolute Gasteiger partial charge is 0.353 e. The maximum absolute atomic E-state index is 11.2. The van der Waals surface area contributed by atoms with Gasteiger partial charge in [-0.05, 0) is 12.8 Å². The van der Waals surface area contributed by atoms with Gasteiger partial charge in [0.05, 0.1) is 0 Å². The quantitative estimate of drug-likeness (QED) is 0.487. The van der Waals surface area contributed by atoms with Gasteiger partial charge < -0.3 is 8.37 Å². The maximum Gasteiger partial charge on any atom is 0.338 e. The molecule has 0 aromatic heterocycles. The first-order chi connectivity index (χ1) is 5.67. The lowest BCUT2D eigenvalue weighted by Gasteiger charge is -2.28. The lowest BCUT2D eigenvalue weighted by molar-refractivity contribution is -0.165. The van der Waals surface area contributed by atoms with Crippen LogP contribution in [-0.2, 0) is 18.0 Å². The molecule has 0 atom stereocenters. The highest BCUT2D eigenvalue weighted by molar-refractivity contribution is 7.90. The Labute approximate surface area is 75.0 Å². The first-order valence-electron chi connectivity index (χ1n) is 3.77. The number of carbonyl (C=O) groups excluding carboxylic acids is 2. The summed E-state index contributed by atoms with van der Waals surface area (Å²) in [5, 5.41) is 0. The predicted molar refractivity (Wildman–Crippen MR) is 42.8 cm³/mol. The van der Waals surface area contributed by atoms with Gasteiger partial charge in [-0.15, -0.1) is 0 Å². The average Bonchev–Trinajstić information content (AvgIpc) is 2.06. The molecular weight excluding hydrogens is 180 g/mol. The lowest BCUT2D eigenvalue weighted by Crippen LogP contribution is -2.42. The Balaban J connectivity index is 2.93. The zero-order chi connectivity index (χ0) is 9.19. The van der Waals surface area contributed by atoms with Crippen LogP contribution in [0.4, 0.5) is 0 Å². The van der Waals surface area contributed by atoms with Crippen LogP contribution < -0.4 is 0 Å². The van der Waals surface area contributed by atoms with Crippen molar-refractivity contribution < 1.29 is 18.0 Å². The monoisotopic (exact) mass is 190 g/mol. The summed E-state index contributed by atoms with van der Waals surface area (Å²) in [7, 11) is 0. The summed E-state index contributed by atoms with van der Waals surface area (Å²) in [5.74, 6) is -0.984. The molecule has 0 saturated carbocycles. The number of rotatable bonds is 2. The summed E-state index contributed by atoms with van der Waals surface area (Å²) in [6, 6.07) is 0. The van der Waals surface area contributed by atoms with E-state index in [1.54, 1.807) is 13.8 Å². The van der Waals surface area contributed by atoms with E-state index in [4.69, 9.17) is 0 Å².